The first-order valence-corrected chi connectivity index (χ1v) is 4.34. The first kappa shape index (κ1) is 7.40. The van der Waals surface area contributed by atoms with E-state index in [1.807, 2.05) is 12.1 Å². The number of nitrogens with two attached hydrogens (primary N) is 1. The zero-order valence-electron chi connectivity index (χ0n) is 6.96. The van der Waals surface area contributed by atoms with Gasteiger partial charge < -0.3 is 11.1 Å². The number of nitrogens with zero attached hydrogens (tertiary/aromatic N) is 1. The molecule has 1 aromatic heterocycles. The van der Waals surface area contributed by atoms with E-state index in [1.54, 1.807) is 6.07 Å². The van der Waals surface area contributed by atoms with E-state index in [4.69, 9.17) is 5.73 Å². The van der Waals surface area contributed by atoms with Gasteiger partial charge in [0, 0.05) is 6.04 Å². The van der Waals surface area contributed by atoms with Gasteiger partial charge in [-0.15, -0.1) is 0 Å². The Bertz CT molecular complexity index is 268. The average molecular weight is 163 g/mol. The molecular weight excluding hydrogens is 150 g/mol. The van der Waals surface area contributed by atoms with Crippen LogP contribution in [0.15, 0.2) is 18.2 Å². The summed E-state index contributed by atoms with van der Waals surface area (Å²) in [5.74, 6) is 1.49. The molecule has 3 N–H and O–H groups in total. The molecule has 0 amide bonds. The molecule has 3 heteroatoms. The first-order chi connectivity index (χ1) is 5.84. The molecule has 1 aromatic rings. The molecule has 1 fully saturated rings. The van der Waals surface area contributed by atoms with Crippen LogP contribution in [0.2, 0.25) is 0 Å². The van der Waals surface area contributed by atoms with Crippen LogP contribution in [-0.4, -0.2) is 11.0 Å². The lowest BCUT2D eigenvalue weighted by molar-refractivity contribution is 0.444. The summed E-state index contributed by atoms with van der Waals surface area (Å²) in [6, 6.07) is 6.29. The third-order valence-corrected chi connectivity index (χ3v) is 2.23. The van der Waals surface area contributed by atoms with E-state index in [0.717, 1.165) is 5.82 Å². The van der Waals surface area contributed by atoms with Gasteiger partial charge in [0.1, 0.15) is 11.6 Å². The summed E-state index contributed by atoms with van der Waals surface area (Å²) in [6.07, 6.45) is 3.85. The topological polar surface area (TPSA) is 50.9 Å². The van der Waals surface area contributed by atoms with E-state index in [1.165, 1.54) is 19.3 Å². The summed E-state index contributed by atoms with van der Waals surface area (Å²) in [4.78, 5) is 4.16. The highest BCUT2D eigenvalue weighted by Gasteiger charge is 2.16. The van der Waals surface area contributed by atoms with Gasteiger partial charge in [0.05, 0.1) is 0 Å². The number of hydrogen-bond donors (Lipinski definition) is 2. The molecule has 1 heterocycles. The van der Waals surface area contributed by atoms with Crippen LogP contribution in [0.1, 0.15) is 19.3 Å². The Labute approximate surface area is 72.0 Å². The summed E-state index contributed by atoms with van der Waals surface area (Å²) in [7, 11) is 0. The SMILES string of the molecule is Nc1cccc(NC2CCC2)n1. The lowest BCUT2D eigenvalue weighted by atomic mass is 9.93. The van der Waals surface area contributed by atoms with Crippen LogP contribution in [-0.2, 0) is 0 Å². The number of anilines is 2. The molecule has 3 nitrogen and oxygen atoms in total. The summed E-state index contributed by atoms with van der Waals surface area (Å²) >= 11 is 0. The predicted molar refractivity (Wildman–Crippen MR) is 49.9 cm³/mol. The van der Waals surface area contributed by atoms with Gasteiger partial charge in [0.25, 0.3) is 0 Å². The molecule has 0 bridgehead atoms. The van der Waals surface area contributed by atoms with Gasteiger partial charge in [0.15, 0.2) is 0 Å². The molecule has 12 heavy (non-hydrogen) atoms. The highest BCUT2D eigenvalue weighted by atomic mass is 15.0. The minimum Gasteiger partial charge on any atom is -0.384 e. The number of pyridine rings is 1. The molecule has 1 aliphatic carbocycles. The van der Waals surface area contributed by atoms with Crippen molar-refractivity contribution in [3.8, 4) is 0 Å². The molecule has 0 saturated heterocycles. The Kier molecular flexibility index (Phi) is 1.86. The lowest BCUT2D eigenvalue weighted by Crippen LogP contribution is -2.27. The zero-order valence-corrected chi connectivity index (χ0v) is 6.96. The third-order valence-electron chi connectivity index (χ3n) is 2.23. The van der Waals surface area contributed by atoms with Crippen molar-refractivity contribution in [2.24, 2.45) is 0 Å². The fraction of sp³-hybridized carbons (Fsp3) is 0.444. The number of hydrogen-bond acceptors (Lipinski definition) is 3. The number of nitrogen functional groups attached to an aromatic ring is 1. The van der Waals surface area contributed by atoms with Crippen LogP contribution in [0.4, 0.5) is 11.6 Å². The van der Waals surface area contributed by atoms with Gasteiger partial charge in [0.2, 0.25) is 0 Å². The van der Waals surface area contributed by atoms with Gasteiger partial charge in [-0.2, -0.15) is 0 Å². The Hall–Kier alpha value is -1.25. The van der Waals surface area contributed by atoms with Crippen molar-refractivity contribution in [2.75, 3.05) is 11.1 Å². The van der Waals surface area contributed by atoms with Gasteiger partial charge >= 0.3 is 0 Å². The standard InChI is InChI=1S/C9H13N3/c10-8-5-2-6-9(12-8)11-7-3-1-4-7/h2,5-7H,1,3-4H2,(H3,10,11,12). The lowest BCUT2D eigenvalue weighted by Gasteiger charge is -2.26. The summed E-state index contributed by atoms with van der Waals surface area (Å²) in [6.45, 7) is 0. The third kappa shape index (κ3) is 1.49. The van der Waals surface area contributed by atoms with Crippen molar-refractivity contribution in [3.63, 3.8) is 0 Å². The quantitative estimate of drug-likeness (QED) is 0.696. The smallest absolute Gasteiger partial charge is 0.128 e. The fourth-order valence-corrected chi connectivity index (χ4v) is 1.29. The van der Waals surface area contributed by atoms with E-state index >= 15 is 0 Å². The second-order valence-electron chi connectivity index (χ2n) is 3.22. The molecule has 64 valence electrons. The Balaban J connectivity index is 2.02. The van der Waals surface area contributed by atoms with Gasteiger partial charge in [-0.3, -0.25) is 0 Å². The van der Waals surface area contributed by atoms with Crippen molar-refractivity contribution in [1.82, 2.24) is 4.98 Å². The first-order valence-electron chi connectivity index (χ1n) is 4.34. The van der Waals surface area contributed by atoms with Crippen molar-refractivity contribution < 1.29 is 0 Å². The van der Waals surface area contributed by atoms with Crippen molar-refractivity contribution >= 4 is 11.6 Å². The van der Waals surface area contributed by atoms with Crippen molar-refractivity contribution in [2.45, 2.75) is 25.3 Å². The molecule has 0 atom stereocenters. The molecule has 2 rings (SSSR count). The maximum Gasteiger partial charge on any atom is 0.128 e. The zero-order chi connectivity index (χ0) is 8.39. The highest BCUT2D eigenvalue weighted by Crippen LogP contribution is 2.22. The average Bonchev–Trinajstić information content (AvgIpc) is 1.97. The monoisotopic (exact) mass is 163 g/mol. The van der Waals surface area contributed by atoms with E-state index in [0.29, 0.717) is 11.9 Å². The molecule has 0 aliphatic heterocycles. The number of aromatic nitrogens is 1. The van der Waals surface area contributed by atoms with Crippen LogP contribution >= 0.6 is 0 Å². The minimum atomic E-state index is 0.583. The highest BCUT2D eigenvalue weighted by molar-refractivity contribution is 5.43. The van der Waals surface area contributed by atoms with Gasteiger partial charge in [-0.1, -0.05) is 6.07 Å². The maximum absolute atomic E-state index is 5.54. The molecule has 0 radical (unpaired) electrons. The summed E-state index contributed by atoms with van der Waals surface area (Å²) in [5.41, 5.74) is 5.54. The van der Waals surface area contributed by atoms with E-state index in [9.17, 15) is 0 Å². The predicted octanol–water partition coefficient (Wildman–Crippen LogP) is 1.63. The Morgan fingerprint density at radius 1 is 1.42 bits per heavy atom. The molecule has 0 aromatic carbocycles. The molecule has 0 unspecified atom stereocenters. The Morgan fingerprint density at radius 2 is 2.25 bits per heavy atom. The van der Waals surface area contributed by atoms with E-state index < -0.39 is 0 Å². The maximum atomic E-state index is 5.54. The van der Waals surface area contributed by atoms with Crippen LogP contribution in [0.5, 0.6) is 0 Å². The van der Waals surface area contributed by atoms with Crippen LogP contribution in [0.3, 0.4) is 0 Å². The fourth-order valence-electron chi connectivity index (χ4n) is 1.29. The molecular formula is C9H13N3. The minimum absolute atomic E-state index is 0.583. The second-order valence-corrected chi connectivity index (χ2v) is 3.22. The van der Waals surface area contributed by atoms with Gasteiger partial charge in [-0.05, 0) is 31.4 Å². The van der Waals surface area contributed by atoms with Crippen molar-refractivity contribution in [3.05, 3.63) is 18.2 Å². The summed E-state index contributed by atoms with van der Waals surface area (Å²) in [5, 5.41) is 3.33. The Morgan fingerprint density at radius 3 is 2.83 bits per heavy atom. The largest absolute Gasteiger partial charge is 0.384 e. The van der Waals surface area contributed by atoms with Gasteiger partial charge in [-0.25, -0.2) is 4.98 Å². The van der Waals surface area contributed by atoms with Crippen LogP contribution in [0.25, 0.3) is 0 Å². The number of rotatable bonds is 2. The molecule has 0 spiro atoms. The van der Waals surface area contributed by atoms with Crippen molar-refractivity contribution in [1.29, 1.82) is 0 Å². The van der Waals surface area contributed by atoms with Crippen LogP contribution < -0.4 is 11.1 Å². The second kappa shape index (κ2) is 3.01. The summed E-state index contributed by atoms with van der Waals surface area (Å²) < 4.78 is 0. The molecule has 1 saturated carbocycles. The van der Waals surface area contributed by atoms with E-state index in [-0.39, 0.29) is 0 Å². The number of nitrogens with one attached hydrogen (secondary N) is 1. The normalized spacial score (nSPS) is 17.0. The van der Waals surface area contributed by atoms with Crippen LogP contribution in [0, 0.1) is 0 Å². The molecule has 1 aliphatic rings. The van der Waals surface area contributed by atoms with E-state index in [2.05, 4.69) is 10.3 Å².